The van der Waals surface area contributed by atoms with Crippen LogP contribution in [0.1, 0.15) is 64.0 Å². The number of rotatable bonds is 11. The van der Waals surface area contributed by atoms with Crippen LogP contribution >= 0.6 is 0 Å². The van der Waals surface area contributed by atoms with Crippen LogP contribution in [0.15, 0.2) is 12.3 Å². The number of nitrogens with zero attached hydrogens (tertiary/aromatic N) is 1. The summed E-state index contributed by atoms with van der Waals surface area (Å²) < 4.78 is 0. The van der Waals surface area contributed by atoms with E-state index in [4.69, 9.17) is 0 Å². The molecule has 0 radical (unpaired) electrons. The molecule has 0 fully saturated rings. The van der Waals surface area contributed by atoms with Crippen LogP contribution in [0.2, 0.25) is 0 Å². The Morgan fingerprint density at radius 1 is 1.06 bits per heavy atom. The molecule has 1 heterocycles. The highest BCUT2D eigenvalue weighted by Gasteiger charge is 1.93. The molecule has 3 heteroatoms. The van der Waals surface area contributed by atoms with E-state index in [1.54, 1.807) is 6.20 Å². The van der Waals surface area contributed by atoms with Crippen molar-refractivity contribution in [1.82, 2.24) is 15.5 Å². The Bertz CT molecular complexity index is 244. The number of nitrogens with one attached hydrogen (secondary N) is 2. The largest absolute Gasteiger partial charge is 0.311 e. The molecule has 1 aromatic heterocycles. The molecular weight excluding hydrogens is 210 g/mol. The number of aromatic amines is 1. The smallest absolute Gasteiger partial charge is 0.0490 e. The Kier molecular flexibility index (Phi) is 8.65. The first-order chi connectivity index (χ1) is 8.43. The van der Waals surface area contributed by atoms with E-state index >= 15 is 0 Å². The van der Waals surface area contributed by atoms with Gasteiger partial charge in [-0.1, -0.05) is 51.9 Å². The number of hydrogen-bond donors (Lipinski definition) is 2. The lowest BCUT2D eigenvalue weighted by atomic mass is 10.1. The topological polar surface area (TPSA) is 40.7 Å². The first-order valence-corrected chi connectivity index (χ1v) is 7.12. The van der Waals surface area contributed by atoms with Crippen molar-refractivity contribution >= 4 is 0 Å². The average Bonchev–Trinajstić information content (AvgIpc) is 2.85. The molecule has 0 unspecified atom stereocenters. The van der Waals surface area contributed by atoms with E-state index in [1.165, 1.54) is 57.1 Å². The van der Waals surface area contributed by atoms with E-state index in [-0.39, 0.29) is 0 Å². The van der Waals surface area contributed by atoms with Crippen LogP contribution in [0, 0.1) is 0 Å². The minimum absolute atomic E-state index is 0.913. The molecular formula is C14H27N3. The summed E-state index contributed by atoms with van der Waals surface area (Å²) in [5, 5.41) is 10.3. The summed E-state index contributed by atoms with van der Waals surface area (Å²) in [6.45, 7) is 4.30. The summed E-state index contributed by atoms with van der Waals surface area (Å²) in [4.78, 5) is 0. The zero-order chi connectivity index (χ0) is 12.2. The molecule has 0 aliphatic carbocycles. The standard InChI is InChI=1S/C14H27N3/c1-2-3-4-5-6-7-8-9-11-15-13-14-10-12-16-17-14/h10,12,15H,2-9,11,13H2,1H3,(H,16,17). The predicted molar refractivity (Wildman–Crippen MR) is 72.9 cm³/mol. The van der Waals surface area contributed by atoms with Gasteiger partial charge in [-0.2, -0.15) is 5.10 Å². The molecule has 0 saturated carbocycles. The Labute approximate surface area is 105 Å². The van der Waals surface area contributed by atoms with E-state index < -0.39 is 0 Å². The molecule has 2 N–H and O–H groups in total. The molecule has 0 aliphatic heterocycles. The Morgan fingerprint density at radius 2 is 1.76 bits per heavy atom. The Morgan fingerprint density at radius 3 is 2.41 bits per heavy atom. The monoisotopic (exact) mass is 237 g/mol. The van der Waals surface area contributed by atoms with Crippen LogP contribution in [-0.2, 0) is 6.54 Å². The summed E-state index contributed by atoms with van der Waals surface area (Å²) in [5.74, 6) is 0. The number of H-pyrrole nitrogens is 1. The Hall–Kier alpha value is -0.830. The SMILES string of the molecule is CCCCCCCCCCNCc1ccn[nH]1. The number of unbranched alkanes of at least 4 members (excludes halogenated alkanes) is 7. The van der Waals surface area contributed by atoms with Gasteiger partial charge >= 0.3 is 0 Å². The maximum atomic E-state index is 3.92. The molecule has 17 heavy (non-hydrogen) atoms. The van der Waals surface area contributed by atoms with Crippen LogP contribution in [0.25, 0.3) is 0 Å². The molecule has 1 aromatic rings. The van der Waals surface area contributed by atoms with Gasteiger partial charge in [0.05, 0.1) is 0 Å². The fourth-order valence-electron chi connectivity index (χ4n) is 1.99. The third-order valence-corrected chi connectivity index (χ3v) is 3.08. The zero-order valence-corrected chi connectivity index (χ0v) is 11.2. The quantitative estimate of drug-likeness (QED) is 0.577. The summed E-state index contributed by atoms with van der Waals surface area (Å²) in [6.07, 6.45) is 12.9. The summed E-state index contributed by atoms with van der Waals surface area (Å²) >= 11 is 0. The maximum Gasteiger partial charge on any atom is 0.0490 e. The number of aromatic nitrogens is 2. The third-order valence-electron chi connectivity index (χ3n) is 3.08. The summed E-state index contributed by atoms with van der Waals surface area (Å²) in [7, 11) is 0. The second-order valence-electron chi connectivity index (χ2n) is 4.73. The van der Waals surface area contributed by atoms with Gasteiger partial charge in [0.25, 0.3) is 0 Å². The highest BCUT2D eigenvalue weighted by atomic mass is 15.1. The molecule has 0 aromatic carbocycles. The summed E-state index contributed by atoms with van der Waals surface area (Å²) in [6, 6.07) is 2.01. The molecule has 3 nitrogen and oxygen atoms in total. The fraction of sp³-hybridized carbons (Fsp3) is 0.786. The zero-order valence-electron chi connectivity index (χ0n) is 11.2. The van der Waals surface area contributed by atoms with Crippen molar-refractivity contribution < 1.29 is 0 Å². The van der Waals surface area contributed by atoms with E-state index in [0.717, 1.165) is 13.1 Å². The van der Waals surface area contributed by atoms with Gasteiger partial charge < -0.3 is 5.32 Å². The minimum Gasteiger partial charge on any atom is -0.311 e. The van der Waals surface area contributed by atoms with Crippen molar-refractivity contribution in [3.8, 4) is 0 Å². The highest BCUT2D eigenvalue weighted by Crippen LogP contribution is 2.07. The van der Waals surface area contributed by atoms with Crippen molar-refractivity contribution in [3.63, 3.8) is 0 Å². The van der Waals surface area contributed by atoms with Gasteiger partial charge in [0.2, 0.25) is 0 Å². The minimum atomic E-state index is 0.913. The fourth-order valence-corrected chi connectivity index (χ4v) is 1.99. The first kappa shape index (κ1) is 14.2. The van der Waals surface area contributed by atoms with Crippen LogP contribution in [0.4, 0.5) is 0 Å². The van der Waals surface area contributed by atoms with Gasteiger partial charge in [-0.05, 0) is 19.0 Å². The van der Waals surface area contributed by atoms with Gasteiger partial charge in [-0.25, -0.2) is 0 Å². The molecule has 0 aliphatic rings. The molecule has 0 atom stereocenters. The van der Waals surface area contributed by atoms with Gasteiger partial charge in [0, 0.05) is 18.4 Å². The van der Waals surface area contributed by atoms with E-state index in [9.17, 15) is 0 Å². The molecule has 0 spiro atoms. The lowest BCUT2D eigenvalue weighted by Gasteiger charge is -2.03. The van der Waals surface area contributed by atoms with Gasteiger partial charge in [-0.15, -0.1) is 0 Å². The van der Waals surface area contributed by atoms with Crippen LogP contribution < -0.4 is 5.32 Å². The van der Waals surface area contributed by atoms with Crippen molar-refractivity contribution in [1.29, 1.82) is 0 Å². The molecule has 1 rings (SSSR count). The Balaban J connectivity index is 1.76. The van der Waals surface area contributed by atoms with Gasteiger partial charge in [0.1, 0.15) is 0 Å². The van der Waals surface area contributed by atoms with E-state index in [1.807, 2.05) is 6.07 Å². The maximum absolute atomic E-state index is 3.92. The van der Waals surface area contributed by atoms with Crippen LogP contribution in [0.5, 0.6) is 0 Å². The second-order valence-corrected chi connectivity index (χ2v) is 4.73. The van der Waals surface area contributed by atoms with Crippen molar-refractivity contribution in [2.75, 3.05) is 6.54 Å². The van der Waals surface area contributed by atoms with E-state index in [2.05, 4.69) is 22.4 Å². The lowest BCUT2D eigenvalue weighted by molar-refractivity contribution is 0.553. The average molecular weight is 237 g/mol. The van der Waals surface area contributed by atoms with Crippen molar-refractivity contribution in [3.05, 3.63) is 18.0 Å². The van der Waals surface area contributed by atoms with Crippen LogP contribution in [-0.4, -0.2) is 16.7 Å². The molecule has 0 amide bonds. The van der Waals surface area contributed by atoms with Gasteiger partial charge in [0.15, 0.2) is 0 Å². The molecule has 98 valence electrons. The van der Waals surface area contributed by atoms with Gasteiger partial charge in [-0.3, -0.25) is 5.10 Å². The highest BCUT2D eigenvalue weighted by molar-refractivity contribution is 4.96. The van der Waals surface area contributed by atoms with Crippen LogP contribution in [0.3, 0.4) is 0 Å². The first-order valence-electron chi connectivity index (χ1n) is 7.12. The molecule has 0 bridgehead atoms. The normalized spacial score (nSPS) is 10.9. The predicted octanol–water partition coefficient (Wildman–Crippen LogP) is 3.64. The van der Waals surface area contributed by atoms with Crippen molar-refractivity contribution in [2.45, 2.75) is 64.8 Å². The number of hydrogen-bond acceptors (Lipinski definition) is 2. The summed E-state index contributed by atoms with van der Waals surface area (Å²) in [5.41, 5.74) is 1.17. The third kappa shape index (κ3) is 7.97. The molecule has 0 saturated heterocycles. The van der Waals surface area contributed by atoms with Crippen molar-refractivity contribution in [2.24, 2.45) is 0 Å². The second kappa shape index (κ2) is 10.3. The lowest BCUT2D eigenvalue weighted by Crippen LogP contribution is -2.14. The van der Waals surface area contributed by atoms with E-state index in [0.29, 0.717) is 0 Å².